The van der Waals surface area contributed by atoms with Gasteiger partial charge in [0, 0.05) is 11.2 Å². The molecule has 1 aromatic carbocycles. The van der Waals surface area contributed by atoms with Gasteiger partial charge in [-0.25, -0.2) is 9.36 Å². The molecule has 2 unspecified atom stereocenters. The minimum Gasteiger partial charge on any atom is -0.379 e. The average Bonchev–Trinajstić information content (AvgIpc) is 2.36. The largest absolute Gasteiger partial charge is 0.476 e. The van der Waals surface area contributed by atoms with Gasteiger partial charge in [0.1, 0.15) is 6.04 Å². The lowest BCUT2D eigenvalue weighted by molar-refractivity contribution is -0.142. The molecule has 0 heterocycles. The Morgan fingerprint density at radius 2 is 2.00 bits per heavy atom. The third-order valence-corrected chi connectivity index (χ3v) is 3.11. The Morgan fingerprint density at radius 1 is 1.38 bits per heavy atom. The second-order valence-corrected chi connectivity index (χ2v) is 7.30. The number of nitrogens with one attached hydrogen (secondary N) is 1. The normalized spacial score (nSPS) is 15.5. The van der Waals surface area contributed by atoms with E-state index >= 15 is 0 Å². The second kappa shape index (κ2) is 8.51. The fourth-order valence-electron chi connectivity index (χ4n) is 1.64. The zero-order valence-corrected chi connectivity index (χ0v) is 13.5. The van der Waals surface area contributed by atoms with Gasteiger partial charge in [-0.3, -0.25) is 4.84 Å². The Kier molecular flexibility index (Phi) is 7.35. The summed E-state index contributed by atoms with van der Waals surface area (Å²) >= 11 is 5.04. The maximum Gasteiger partial charge on any atom is 0.476 e. The summed E-state index contributed by atoms with van der Waals surface area (Å²) in [6, 6.07) is 8.50. The number of hydrogen-bond acceptors (Lipinski definition) is 5. The highest BCUT2D eigenvalue weighted by molar-refractivity contribution is 7.80. The van der Waals surface area contributed by atoms with E-state index in [1.165, 1.54) is 0 Å². The van der Waals surface area contributed by atoms with Crippen LogP contribution in [0.5, 0.6) is 0 Å². The van der Waals surface area contributed by atoms with Gasteiger partial charge in [-0.05, 0) is 17.9 Å². The summed E-state index contributed by atoms with van der Waals surface area (Å²) in [6.07, 6.45) is 0.379. The van der Waals surface area contributed by atoms with E-state index in [9.17, 15) is 9.36 Å². The van der Waals surface area contributed by atoms with Crippen LogP contribution in [-0.4, -0.2) is 16.9 Å². The van der Waals surface area contributed by atoms with Crippen LogP contribution < -0.4 is 5.48 Å². The van der Waals surface area contributed by atoms with E-state index in [1.807, 2.05) is 44.2 Å². The molecule has 1 aromatic rings. The maximum absolute atomic E-state index is 11.8. The molecule has 0 fully saturated rings. The second-order valence-electron chi connectivity index (χ2n) is 4.94. The number of hydroxylamine groups is 1. The molecule has 0 saturated carbocycles. The van der Waals surface area contributed by atoms with Gasteiger partial charge in [0.15, 0.2) is 0 Å². The molecule has 0 bridgehead atoms. The third-order valence-electron chi connectivity index (χ3n) is 2.50. The first-order chi connectivity index (χ1) is 9.78. The fraction of sp³-hybridized carbons (Fsp3) is 0.462. The highest BCUT2D eigenvalue weighted by Gasteiger charge is 2.28. The Balaban J connectivity index is 2.53. The van der Waals surface area contributed by atoms with Gasteiger partial charge in [-0.1, -0.05) is 44.2 Å². The van der Waals surface area contributed by atoms with Gasteiger partial charge >= 0.3 is 12.9 Å². The minimum absolute atomic E-state index is 0.156. The summed E-state index contributed by atoms with van der Waals surface area (Å²) in [4.78, 5) is 25.9. The SMILES string of the molecule is CC(C)CC(NOCc1ccccc1)C(=O)OP(=O)(O)Cl. The summed E-state index contributed by atoms with van der Waals surface area (Å²) < 4.78 is 15.2. The molecular formula is C13H19ClNO5P. The fourth-order valence-corrected chi connectivity index (χ4v) is 2.19. The van der Waals surface area contributed by atoms with Crippen molar-refractivity contribution < 1.29 is 23.6 Å². The van der Waals surface area contributed by atoms with Gasteiger partial charge in [0.2, 0.25) is 0 Å². The lowest BCUT2D eigenvalue weighted by Crippen LogP contribution is -2.38. The Hall–Kier alpha value is -0.910. The van der Waals surface area contributed by atoms with Crippen molar-refractivity contribution in [2.75, 3.05) is 0 Å². The van der Waals surface area contributed by atoms with Crippen molar-refractivity contribution in [1.29, 1.82) is 0 Å². The van der Waals surface area contributed by atoms with E-state index in [1.54, 1.807) is 0 Å². The van der Waals surface area contributed by atoms with Crippen LogP contribution in [0.2, 0.25) is 0 Å². The van der Waals surface area contributed by atoms with E-state index < -0.39 is 19.0 Å². The van der Waals surface area contributed by atoms with E-state index in [0.29, 0.717) is 6.42 Å². The summed E-state index contributed by atoms with van der Waals surface area (Å²) in [7, 11) is 0. The zero-order chi connectivity index (χ0) is 15.9. The van der Waals surface area contributed by atoms with Gasteiger partial charge in [0.05, 0.1) is 6.61 Å². The lowest BCUT2D eigenvalue weighted by atomic mass is 10.1. The molecule has 0 aliphatic heterocycles. The molecule has 1 rings (SSSR count). The van der Waals surface area contributed by atoms with E-state index in [2.05, 4.69) is 10.0 Å². The summed E-state index contributed by atoms with van der Waals surface area (Å²) in [5.41, 5.74) is 3.48. The summed E-state index contributed by atoms with van der Waals surface area (Å²) in [6.45, 7) is -0.329. The molecule has 0 aliphatic rings. The summed E-state index contributed by atoms with van der Waals surface area (Å²) in [5, 5.41) is 0. The van der Waals surface area contributed by atoms with Crippen LogP contribution in [0.25, 0.3) is 0 Å². The zero-order valence-electron chi connectivity index (χ0n) is 11.9. The first-order valence-corrected chi connectivity index (χ1v) is 8.93. The Morgan fingerprint density at radius 3 is 2.52 bits per heavy atom. The number of carbonyl (C=O) groups is 1. The number of halogens is 1. The van der Waals surface area contributed by atoms with Crippen molar-refractivity contribution in [3.63, 3.8) is 0 Å². The molecule has 8 heteroatoms. The molecule has 2 atom stereocenters. The van der Waals surface area contributed by atoms with Crippen LogP contribution in [0, 0.1) is 5.92 Å². The minimum atomic E-state index is -4.38. The van der Waals surface area contributed by atoms with Gasteiger partial charge < -0.3 is 9.42 Å². The van der Waals surface area contributed by atoms with E-state index in [-0.39, 0.29) is 12.5 Å². The predicted molar refractivity (Wildman–Crippen MR) is 79.4 cm³/mol. The van der Waals surface area contributed by atoms with Crippen molar-refractivity contribution in [3.8, 4) is 0 Å². The highest BCUT2D eigenvalue weighted by Crippen LogP contribution is 2.47. The first-order valence-electron chi connectivity index (χ1n) is 6.45. The number of hydrogen-bond donors (Lipinski definition) is 2. The molecule has 6 nitrogen and oxygen atoms in total. The maximum atomic E-state index is 11.8. The number of benzene rings is 1. The molecule has 0 saturated heterocycles. The van der Waals surface area contributed by atoms with Crippen LogP contribution in [0.4, 0.5) is 0 Å². The number of rotatable bonds is 8. The van der Waals surface area contributed by atoms with Crippen molar-refractivity contribution >= 4 is 24.2 Å². The standard InChI is InChI=1S/C13H19ClNO5P/c1-10(2)8-12(13(16)20-21(14,17)18)15-19-9-11-6-4-3-5-7-11/h3-7,10,12,15H,8-9H2,1-2H3,(H,17,18). The smallest absolute Gasteiger partial charge is 0.379 e. The van der Waals surface area contributed by atoms with Gasteiger partial charge in [-0.15, -0.1) is 0 Å². The van der Waals surface area contributed by atoms with Gasteiger partial charge in [0.25, 0.3) is 0 Å². The predicted octanol–water partition coefficient (Wildman–Crippen LogP) is 3.00. The molecule has 0 aliphatic carbocycles. The molecule has 0 spiro atoms. The molecular weight excluding hydrogens is 317 g/mol. The summed E-state index contributed by atoms with van der Waals surface area (Å²) in [5.74, 6) is -0.763. The molecule has 21 heavy (non-hydrogen) atoms. The van der Waals surface area contributed by atoms with Crippen molar-refractivity contribution in [1.82, 2.24) is 5.48 Å². The van der Waals surface area contributed by atoms with E-state index in [4.69, 9.17) is 21.0 Å². The van der Waals surface area contributed by atoms with Crippen molar-refractivity contribution in [2.45, 2.75) is 32.9 Å². The van der Waals surface area contributed by atoms with E-state index in [0.717, 1.165) is 5.56 Å². The Bertz CT molecular complexity index is 491. The lowest BCUT2D eigenvalue weighted by Gasteiger charge is -2.19. The van der Waals surface area contributed by atoms with Crippen LogP contribution >= 0.6 is 18.2 Å². The quantitative estimate of drug-likeness (QED) is 0.561. The topological polar surface area (TPSA) is 84.9 Å². The molecule has 0 amide bonds. The van der Waals surface area contributed by atoms with Crippen LogP contribution in [0.15, 0.2) is 30.3 Å². The number of carbonyl (C=O) groups excluding carboxylic acids is 1. The highest BCUT2D eigenvalue weighted by atomic mass is 35.7. The Labute approximate surface area is 128 Å². The molecule has 0 radical (unpaired) electrons. The first kappa shape index (κ1) is 18.1. The van der Waals surface area contributed by atoms with Crippen molar-refractivity contribution in [2.24, 2.45) is 5.92 Å². The average molecular weight is 336 g/mol. The van der Waals surface area contributed by atoms with Crippen LogP contribution in [-0.2, 0) is 25.3 Å². The monoisotopic (exact) mass is 335 g/mol. The van der Waals surface area contributed by atoms with Gasteiger partial charge in [-0.2, -0.15) is 5.48 Å². The molecule has 118 valence electrons. The molecule has 2 N–H and O–H groups in total. The van der Waals surface area contributed by atoms with Crippen molar-refractivity contribution in [3.05, 3.63) is 35.9 Å². The van der Waals surface area contributed by atoms with Crippen LogP contribution in [0.3, 0.4) is 0 Å². The molecule has 0 aromatic heterocycles. The third kappa shape index (κ3) is 8.19. The van der Waals surface area contributed by atoms with Crippen LogP contribution in [0.1, 0.15) is 25.8 Å².